The second-order valence-electron chi connectivity index (χ2n) is 5.41. The predicted octanol–water partition coefficient (Wildman–Crippen LogP) is 3.00. The number of nitrogens with zero attached hydrogens (tertiary/aromatic N) is 1. The third-order valence-corrected chi connectivity index (χ3v) is 4.14. The van der Waals surface area contributed by atoms with Gasteiger partial charge < -0.3 is 14.9 Å². The first kappa shape index (κ1) is 16.0. The summed E-state index contributed by atoms with van der Waals surface area (Å²) in [4.78, 5) is 24.8. The predicted molar refractivity (Wildman–Crippen MR) is 87.9 cm³/mol. The average molecular weight is 344 g/mol. The number of hydrogen-bond donors (Lipinski definition) is 1. The molecule has 1 aromatic heterocycles. The van der Waals surface area contributed by atoms with Gasteiger partial charge in [0.05, 0.1) is 4.92 Å². The van der Waals surface area contributed by atoms with Gasteiger partial charge in [-0.3, -0.25) is 10.1 Å². The fourth-order valence-corrected chi connectivity index (χ4v) is 3.00. The van der Waals surface area contributed by atoms with Crippen LogP contribution in [0.4, 0.5) is 5.69 Å². The SMILES string of the molecule is O=C([O-])C[C@@H](c1cccc([N+](=O)[O-])c1)c1c[nH]c2ccc(Cl)cc12. The van der Waals surface area contributed by atoms with Crippen molar-refractivity contribution < 1.29 is 14.8 Å². The number of nitro groups is 1. The van der Waals surface area contributed by atoms with Crippen LogP contribution in [0.3, 0.4) is 0 Å². The Morgan fingerprint density at radius 1 is 1.25 bits per heavy atom. The number of carboxylic acid groups (broad SMARTS) is 1. The lowest BCUT2D eigenvalue weighted by molar-refractivity contribution is -0.384. The Kier molecular flexibility index (Phi) is 4.22. The first-order valence-corrected chi connectivity index (χ1v) is 7.54. The van der Waals surface area contributed by atoms with Crippen LogP contribution in [0.1, 0.15) is 23.5 Å². The van der Waals surface area contributed by atoms with E-state index in [1.807, 2.05) is 0 Å². The number of rotatable bonds is 5. The molecule has 0 fully saturated rings. The number of carboxylic acids is 1. The molecule has 0 aliphatic heterocycles. The normalized spacial score (nSPS) is 12.2. The van der Waals surface area contributed by atoms with Gasteiger partial charge in [0, 0.05) is 46.1 Å². The molecule has 0 spiro atoms. The van der Waals surface area contributed by atoms with Crippen LogP contribution in [-0.2, 0) is 4.79 Å². The maximum Gasteiger partial charge on any atom is 0.269 e. The van der Waals surface area contributed by atoms with Crippen molar-refractivity contribution in [3.8, 4) is 0 Å². The Balaban J connectivity index is 2.15. The smallest absolute Gasteiger partial charge is 0.269 e. The molecule has 3 aromatic rings. The maximum atomic E-state index is 11.2. The molecule has 6 nitrogen and oxygen atoms in total. The van der Waals surface area contributed by atoms with Crippen LogP contribution in [-0.4, -0.2) is 15.9 Å². The molecule has 0 bridgehead atoms. The van der Waals surface area contributed by atoms with Gasteiger partial charge in [0.15, 0.2) is 0 Å². The molecule has 24 heavy (non-hydrogen) atoms. The Morgan fingerprint density at radius 2 is 2.04 bits per heavy atom. The second kappa shape index (κ2) is 6.33. The molecule has 0 radical (unpaired) electrons. The quantitative estimate of drug-likeness (QED) is 0.568. The summed E-state index contributed by atoms with van der Waals surface area (Å²) in [6.07, 6.45) is 1.41. The summed E-state index contributed by atoms with van der Waals surface area (Å²) in [5.74, 6) is -1.81. The van der Waals surface area contributed by atoms with Crippen LogP contribution in [0.5, 0.6) is 0 Å². The Labute approximate surface area is 141 Å². The average Bonchev–Trinajstić information content (AvgIpc) is 2.95. The van der Waals surface area contributed by atoms with Crippen LogP contribution < -0.4 is 5.11 Å². The Morgan fingerprint density at radius 3 is 2.75 bits per heavy atom. The van der Waals surface area contributed by atoms with E-state index in [2.05, 4.69) is 4.98 Å². The van der Waals surface area contributed by atoms with Gasteiger partial charge in [-0.2, -0.15) is 0 Å². The van der Waals surface area contributed by atoms with Gasteiger partial charge in [-0.05, 0) is 35.7 Å². The first-order chi connectivity index (χ1) is 11.5. The highest BCUT2D eigenvalue weighted by atomic mass is 35.5. The van der Waals surface area contributed by atoms with Gasteiger partial charge in [0.25, 0.3) is 5.69 Å². The number of carbonyl (C=O) groups excluding carboxylic acids is 1. The molecule has 0 saturated carbocycles. The van der Waals surface area contributed by atoms with Gasteiger partial charge in [0.1, 0.15) is 0 Å². The van der Waals surface area contributed by atoms with Gasteiger partial charge in [0.2, 0.25) is 0 Å². The highest BCUT2D eigenvalue weighted by Crippen LogP contribution is 2.35. The number of fused-ring (bicyclic) bond motifs is 1. The number of aromatic nitrogens is 1. The minimum atomic E-state index is -1.23. The van der Waals surface area contributed by atoms with E-state index in [1.165, 1.54) is 18.2 Å². The number of halogens is 1. The number of H-pyrrole nitrogens is 1. The van der Waals surface area contributed by atoms with Crippen molar-refractivity contribution in [1.29, 1.82) is 0 Å². The molecular formula is C17H12ClN2O4-. The fraction of sp³-hybridized carbons (Fsp3) is 0.118. The number of benzene rings is 2. The minimum absolute atomic E-state index is 0.0891. The zero-order valence-corrected chi connectivity index (χ0v) is 13.1. The molecule has 0 aliphatic carbocycles. The largest absolute Gasteiger partial charge is 0.550 e. The molecular weight excluding hydrogens is 332 g/mol. The molecule has 1 heterocycles. The first-order valence-electron chi connectivity index (χ1n) is 7.16. The third-order valence-electron chi connectivity index (χ3n) is 3.91. The van der Waals surface area contributed by atoms with Crippen LogP contribution >= 0.6 is 11.6 Å². The summed E-state index contributed by atoms with van der Waals surface area (Å²) in [5.41, 5.74) is 1.96. The van der Waals surface area contributed by atoms with E-state index in [0.29, 0.717) is 16.1 Å². The second-order valence-corrected chi connectivity index (χ2v) is 5.85. The highest BCUT2D eigenvalue weighted by Gasteiger charge is 2.20. The van der Waals surface area contributed by atoms with E-state index in [0.717, 1.165) is 10.9 Å². The lowest BCUT2D eigenvalue weighted by Gasteiger charge is -2.18. The molecule has 0 saturated heterocycles. The summed E-state index contributed by atoms with van der Waals surface area (Å²) in [6.45, 7) is 0. The van der Waals surface area contributed by atoms with E-state index in [4.69, 9.17) is 11.6 Å². The summed E-state index contributed by atoms with van der Waals surface area (Å²) in [5, 5.41) is 23.5. The van der Waals surface area contributed by atoms with Gasteiger partial charge in [-0.1, -0.05) is 23.7 Å². The number of carbonyl (C=O) groups is 1. The monoisotopic (exact) mass is 343 g/mol. The van der Waals surface area contributed by atoms with Crippen molar-refractivity contribution in [3.05, 3.63) is 74.9 Å². The van der Waals surface area contributed by atoms with E-state index in [9.17, 15) is 20.0 Å². The minimum Gasteiger partial charge on any atom is -0.550 e. The molecule has 3 rings (SSSR count). The van der Waals surface area contributed by atoms with Crippen molar-refractivity contribution in [1.82, 2.24) is 4.98 Å². The standard InChI is InChI=1S/C17H13ClN2O4/c18-11-4-5-16-14(7-11)15(9-19-16)13(8-17(21)22)10-2-1-3-12(6-10)20(23)24/h1-7,9,13,19H,8H2,(H,21,22)/p-1/t13-/m0/s1. The Hall–Kier alpha value is -2.86. The van der Waals surface area contributed by atoms with Gasteiger partial charge in [-0.15, -0.1) is 0 Å². The molecule has 0 aliphatic rings. The molecule has 0 amide bonds. The number of hydrogen-bond acceptors (Lipinski definition) is 4. The van der Waals surface area contributed by atoms with Crippen LogP contribution in [0.25, 0.3) is 10.9 Å². The number of non-ortho nitro benzene ring substituents is 1. The van der Waals surface area contributed by atoms with Crippen molar-refractivity contribution in [2.75, 3.05) is 0 Å². The third kappa shape index (κ3) is 3.09. The van der Waals surface area contributed by atoms with E-state index in [1.54, 1.807) is 30.5 Å². The maximum absolute atomic E-state index is 11.2. The fourth-order valence-electron chi connectivity index (χ4n) is 2.83. The van der Waals surface area contributed by atoms with Crippen molar-refractivity contribution in [2.45, 2.75) is 12.3 Å². The highest BCUT2D eigenvalue weighted by molar-refractivity contribution is 6.31. The van der Waals surface area contributed by atoms with Crippen LogP contribution in [0, 0.1) is 10.1 Å². The van der Waals surface area contributed by atoms with E-state index < -0.39 is 16.8 Å². The van der Waals surface area contributed by atoms with E-state index >= 15 is 0 Å². The molecule has 7 heteroatoms. The topological polar surface area (TPSA) is 99.1 Å². The lowest BCUT2D eigenvalue weighted by atomic mass is 9.88. The number of aliphatic carboxylic acids is 1. The van der Waals surface area contributed by atoms with Gasteiger partial charge >= 0.3 is 0 Å². The van der Waals surface area contributed by atoms with Crippen molar-refractivity contribution >= 4 is 34.2 Å². The molecule has 122 valence electrons. The number of nitrogens with one attached hydrogen (secondary N) is 1. The summed E-state index contributed by atoms with van der Waals surface area (Å²) < 4.78 is 0. The van der Waals surface area contributed by atoms with Crippen LogP contribution in [0.15, 0.2) is 48.7 Å². The van der Waals surface area contributed by atoms with Crippen LogP contribution in [0.2, 0.25) is 5.02 Å². The molecule has 0 unspecified atom stereocenters. The lowest BCUT2D eigenvalue weighted by Crippen LogP contribution is -2.24. The van der Waals surface area contributed by atoms with Gasteiger partial charge in [-0.25, -0.2) is 0 Å². The number of aromatic amines is 1. The molecule has 1 atom stereocenters. The number of nitro benzene ring substituents is 1. The van der Waals surface area contributed by atoms with Crippen molar-refractivity contribution in [3.63, 3.8) is 0 Å². The summed E-state index contributed by atoms with van der Waals surface area (Å²) in [7, 11) is 0. The molecule has 2 aromatic carbocycles. The zero-order chi connectivity index (χ0) is 17.3. The summed E-state index contributed by atoms with van der Waals surface area (Å²) in [6, 6.07) is 11.2. The Bertz CT molecular complexity index is 935. The van der Waals surface area contributed by atoms with Crippen molar-refractivity contribution in [2.24, 2.45) is 0 Å². The van der Waals surface area contributed by atoms with E-state index in [-0.39, 0.29) is 12.1 Å². The molecule has 1 N–H and O–H groups in total. The summed E-state index contributed by atoms with van der Waals surface area (Å²) >= 11 is 6.04. The zero-order valence-electron chi connectivity index (χ0n) is 12.4.